The Bertz CT molecular complexity index is 584. The van der Waals surface area contributed by atoms with Crippen LogP contribution in [0.3, 0.4) is 0 Å². The minimum Gasteiger partial charge on any atom is -0.447 e. The van der Waals surface area contributed by atoms with E-state index in [-0.39, 0.29) is 24.5 Å². The second-order valence-corrected chi connectivity index (χ2v) is 6.29. The van der Waals surface area contributed by atoms with Crippen molar-refractivity contribution in [1.82, 2.24) is 4.90 Å². The van der Waals surface area contributed by atoms with Gasteiger partial charge in [0.2, 0.25) is 5.91 Å². The van der Waals surface area contributed by atoms with Crippen molar-refractivity contribution in [3.05, 3.63) is 48.6 Å². The van der Waals surface area contributed by atoms with Crippen LogP contribution in [0.2, 0.25) is 0 Å². The first kappa shape index (κ1) is 18.2. The molecule has 3 atom stereocenters. The van der Waals surface area contributed by atoms with Crippen molar-refractivity contribution in [3.63, 3.8) is 0 Å². The summed E-state index contributed by atoms with van der Waals surface area (Å²) in [5.41, 5.74) is 0.897. The van der Waals surface area contributed by atoms with Crippen LogP contribution in [0.4, 0.5) is 4.79 Å². The molecule has 1 unspecified atom stereocenters. The molecular formula is C19H25NO4. The second kappa shape index (κ2) is 8.11. The van der Waals surface area contributed by atoms with E-state index in [1.165, 1.54) is 4.90 Å². The van der Waals surface area contributed by atoms with Gasteiger partial charge in [-0.3, -0.25) is 4.79 Å². The first-order valence-electron chi connectivity index (χ1n) is 8.19. The molecule has 2 rings (SSSR count). The van der Waals surface area contributed by atoms with Gasteiger partial charge in [0, 0.05) is 7.11 Å². The fourth-order valence-electron chi connectivity index (χ4n) is 3.07. The van der Waals surface area contributed by atoms with Crippen molar-refractivity contribution in [2.45, 2.75) is 32.4 Å². The van der Waals surface area contributed by atoms with E-state index in [2.05, 4.69) is 6.58 Å². The lowest BCUT2D eigenvalue weighted by Crippen LogP contribution is -2.46. The van der Waals surface area contributed by atoms with Crippen LogP contribution in [0, 0.1) is 11.8 Å². The molecule has 1 heterocycles. The predicted octanol–water partition coefficient (Wildman–Crippen LogP) is 3.57. The molecule has 24 heavy (non-hydrogen) atoms. The number of hydrogen-bond donors (Lipinski definition) is 0. The van der Waals surface area contributed by atoms with Crippen LogP contribution in [0.25, 0.3) is 0 Å². The molecule has 0 N–H and O–H groups in total. The summed E-state index contributed by atoms with van der Waals surface area (Å²) in [5, 5.41) is 0. The van der Waals surface area contributed by atoms with Crippen LogP contribution in [0.15, 0.2) is 43.0 Å². The Labute approximate surface area is 143 Å². The molecule has 0 saturated carbocycles. The zero-order valence-corrected chi connectivity index (χ0v) is 14.5. The predicted molar refractivity (Wildman–Crippen MR) is 91.3 cm³/mol. The normalized spacial score (nSPS) is 19.9. The van der Waals surface area contributed by atoms with E-state index in [9.17, 15) is 9.59 Å². The average Bonchev–Trinajstić information content (AvgIpc) is 2.97. The number of nitrogens with zero attached hydrogens (tertiary/aromatic N) is 1. The van der Waals surface area contributed by atoms with Crippen LogP contribution < -0.4 is 0 Å². The van der Waals surface area contributed by atoms with Crippen LogP contribution in [0.5, 0.6) is 0 Å². The third kappa shape index (κ3) is 3.67. The summed E-state index contributed by atoms with van der Waals surface area (Å²) in [7, 11) is 1.57. The number of carbonyl (C=O) groups is 2. The fraction of sp³-hybridized carbons (Fsp3) is 0.474. The monoisotopic (exact) mass is 331 g/mol. The van der Waals surface area contributed by atoms with Crippen LogP contribution in [-0.4, -0.2) is 36.7 Å². The Hall–Kier alpha value is -2.14. The van der Waals surface area contributed by atoms with Gasteiger partial charge in [0.15, 0.2) is 0 Å². The van der Waals surface area contributed by atoms with E-state index >= 15 is 0 Å². The Morgan fingerprint density at radius 1 is 1.42 bits per heavy atom. The van der Waals surface area contributed by atoms with Gasteiger partial charge in [0.05, 0.1) is 18.1 Å². The summed E-state index contributed by atoms with van der Waals surface area (Å²) in [4.78, 5) is 26.5. The van der Waals surface area contributed by atoms with Gasteiger partial charge in [0.1, 0.15) is 6.61 Å². The first-order valence-corrected chi connectivity index (χ1v) is 8.19. The molecule has 0 spiro atoms. The van der Waals surface area contributed by atoms with Gasteiger partial charge in [-0.2, -0.15) is 0 Å². The Morgan fingerprint density at radius 3 is 2.62 bits per heavy atom. The maximum absolute atomic E-state index is 13.1. The minimum absolute atomic E-state index is 0.127. The van der Waals surface area contributed by atoms with Gasteiger partial charge in [-0.05, 0) is 17.9 Å². The van der Waals surface area contributed by atoms with Crippen molar-refractivity contribution in [2.75, 3.05) is 13.7 Å². The molecular weight excluding hydrogens is 306 g/mol. The lowest BCUT2D eigenvalue weighted by molar-refractivity contribution is -0.138. The van der Waals surface area contributed by atoms with E-state index in [1.807, 2.05) is 44.2 Å². The summed E-state index contributed by atoms with van der Waals surface area (Å²) in [6.45, 7) is 7.94. The molecule has 5 heteroatoms. The van der Waals surface area contributed by atoms with Gasteiger partial charge >= 0.3 is 6.09 Å². The summed E-state index contributed by atoms with van der Waals surface area (Å²) >= 11 is 0. The molecule has 0 radical (unpaired) electrons. The van der Waals surface area contributed by atoms with E-state index in [0.29, 0.717) is 6.42 Å². The maximum atomic E-state index is 13.1. The minimum atomic E-state index is -0.573. The average molecular weight is 331 g/mol. The smallest absolute Gasteiger partial charge is 0.416 e. The molecule has 1 aliphatic heterocycles. The van der Waals surface area contributed by atoms with Gasteiger partial charge in [-0.15, -0.1) is 6.58 Å². The van der Waals surface area contributed by atoms with Crippen LogP contribution in [0.1, 0.15) is 31.9 Å². The molecule has 2 amide bonds. The Kier molecular flexibility index (Phi) is 6.15. The number of allylic oxidation sites excluding steroid dienone is 1. The molecule has 1 aliphatic rings. The number of imide groups is 1. The molecule has 0 aliphatic carbocycles. The number of carbonyl (C=O) groups excluding carboxylic acids is 2. The Morgan fingerprint density at radius 2 is 2.08 bits per heavy atom. The number of benzene rings is 1. The number of methoxy groups -OCH3 is 1. The third-order valence-electron chi connectivity index (χ3n) is 4.40. The second-order valence-electron chi connectivity index (χ2n) is 6.29. The van der Waals surface area contributed by atoms with Crippen molar-refractivity contribution in [1.29, 1.82) is 0 Å². The summed E-state index contributed by atoms with van der Waals surface area (Å²) < 4.78 is 10.7. The molecule has 5 nitrogen and oxygen atoms in total. The van der Waals surface area contributed by atoms with E-state index < -0.39 is 18.1 Å². The number of hydrogen-bond acceptors (Lipinski definition) is 4. The van der Waals surface area contributed by atoms with E-state index in [0.717, 1.165) is 5.56 Å². The van der Waals surface area contributed by atoms with Gasteiger partial charge in [-0.1, -0.05) is 50.3 Å². The van der Waals surface area contributed by atoms with Crippen molar-refractivity contribution < 1.29 is 19.1 Å². The first-order chi connectivity index (χ1) is 11.5. The fourth-order valence-corrected chi connectivity index (χ4v) is 3.07. The zero-order valence-electron chi connectivity index (χ0n) is 14.5. The number of cyclic esters (lactones) is 1. The van der Waals surface area contributed by atoms with Gasteiger partial charge in [-0.25, -0.2) is 9.69 Å². The highest BCUT2D eigenvalue weighted by Gasteiger charge is 2.44. The van der Waals surface area contributed by atoms with Crippen molar-refractivity contribution in [3.8, 4) is 0 Å². The zero-order chi connectivity index (χ0) is 17.7. The van der Waals surface area contributed by atoms with Crippen LogP contribution in [-0.2, 0) is 14.3 Å². The lowest BCUT2D eigenvalue weighted by atomic mass is 9.90. The largest absolute Gasteiger partial charge is 0.447 e. The lowest BCUT2D eigenvalue weighted by Gasteiger charge is -2.30. The summed E-state index contributed by atoms with van der Waals surface area (Å²) in [6, 6.07) is 9.30. The highest BCUT2D eigenvalue weighted by molar-refractivity contribution is 5.95. The molecule has 130 valence electrons. The van der Waals surface area contributed by atoms with E-state index in [1.54, 1.807) is 13.2 Å². The standard InChI is InChI=1S/C19H25NO4/c1-5-9-15(17(23-4)14-10-7-6-8-11-14)18(21)20-16(13(2)3)12-24-19(20)22/h5-8,10-11,13,15-17H,1,9,12H2,2-4H3/t15?,16-,17-/m1/s1. The van der Waals surface area contributed by atoms with Crippen LogP contribution >= 0.6 is 0 Å². The highest BCUT2D eigenvalue weighted by atomic mass is 16.6. The molecule has 1 aromatic rings. The molecule has 1 aromatic carbocycles. The summed E-state index contributed by atoms with van der Waals surface area (Å²) in [5.74, 6) is -0.670. The topological polar surface area (TPSA) is 55.8 Å². The molecule has 0 aromatic heterocycles. The summed E-state index contributed by atoms with van der Waals surface area (Å²) in [6.07, 6.45) is 1.08. The number of amides is 2. The number of ether oxygens (including phenoxy) is 2. The van der Waals surface area contributed by atoms with E-state index in [4.69, 9.17) is 9.47 Å². The van der Waals surface area contributed by atoms with Gasteiger partial charge < -0.3 is 9.47 Å². The quantitative estimate of drug-likeness (QED) is 0.717. The Balaban J connectivity index is 2.33. The third-order valence-corrected chi connectivity index (χ3v) is 4.40. The SMILES string of the molecule is C=CCC(C(=O)N1C(=O)OC[C@@H]1C(C)C)[C@H](OC)c1ccccc1. The number of rotatable bonds is 7. The molecule has 0 bridgehead atoms. The molecule has 1 saturated heterocycles. The van der Waals surface area contributed by atoms with Gasteiger partial charge in [0.25, 0.3) is 0 Å². The van der Waals surface area contributed by atoms with Crippen molar-refractivity contribution >= 4 is 12.0 Å². The maximum Gasteiger partial charge on any atom is 0.416 e. The highest BCUT2D eigenvalue weighted by Crippen LogP contribution is 2.32. The van der Waals surface area contributed by atoms with Crippen molar-refractivity contribution in [2.24, 2.45) is 11.8 Å². The molecule has 1 fully saturated rings.